The number of fused-ring (bicyclic) bond motifs is 3. The summed E-state index contributed by atoms with van der Waals surface area (Å²) in [6.07, 6.45) is 4.94. The summed E-state index contributed by atoms with van der Waals surface area (Å²) in [4.78, 5) is 60.5. The summed E-state index contributed by atoms with van der Waals surface area (Å²) in [5.41, 5.74) is 0.536. The number of nitrogens with zero attached hydrogens (tertiary/aromatic N) is 5. The third-order valence-electron chi connectivity index (χ3n) is 10.2. The van der Waals surface area contributed by atoms with Crippen molar-refractivity contribution in [2.75, 3.05) is 33.4 Å². The minimum atomic E-state index is -1.48. The van der Waals surface area contributed by atoms with Crippen LogP contribution in [0, 0.1) is 11.8 Å². The zero-order valence-electron chi connectivity index (χ0n) is 28.7. The highest BCUT2D eigenvalue weighted by Crippen LogP contribution is 2.59. The number of unbranched alkanes of at least 4 members (excludes halogenated alkanes) is 1. The van der Waals surface area contributed by atoms with Gasteiger partial charge in [-0.25, -0.2) is 4.68 Å². The van der Waals surface area contributed by atoms with E-state index < -0.39 is 59.5 Å². The second-order valence-electron chi connectivity index (χ2n) is 13.5. The number of aliphatic hydroxyl groups is 1. The van der Waals surface area contributed by atoms with E-state index in [9.17, 15) is 19.5 Å². The lowest BCUT2D eigenvalue weighted by atomic mass is 9.74. The molecule has 14 nitrogen and oxygen atoms in total. The van der Waals surface area contributed by atoms with E-state index >= 15 is 4.79 Å². The summed E-state index contributed by atoms with van der Waals surface area (Å²) < 4.78 is 20.6. The predicted octanol–water partition coefficient (Wildman–Crippen LogP) is 2.63. The standard InChI is InChI=1S/C37H41BrN6O8/c1-50-21-26-31(23-12-4-2-5-13-23)51-36(49)29-30-34(47)43(18-10-11-19-45)33(37(30)20-24(38)32(29)52-37)35(48)42(17-9-3-6-16-28(46)39-26)22-44-27-15-8-7-14-25(27)40-41-44/h2-5,7-9,12-15,20,26,29-33,45H,6,10-11,16-19,21-22H2,1H3,(H,39,46)/b9-3-/t26-,29+,30-,31-,32+,33+,37-/m0/s1. The quantitative estimate of drug-likeness (QED) is 0.188. The molecule has 0 saturated carbocycles. The van der Waals surface area contributed by atoms with Crippen LogP contribution in [0.5, 0.6) is 0 Å². The van der Waals surface area contributed by atoms with E-state index in [1.807, 2.05) is 54.6 Å². The van der Waals surface area contributed by atoms with Crippen LogP contribution in [0.3, 0.4) is 0 Å². The van der Waals surface area contributed by atoms with Gasteiger partial charge in [0.15, 0.2) is 0 Å². The number of carbonyl (C=O) groups is 4. The van der Waals surface area contributed by atoms with Crippen LogP contribution in [0.15, 0.2) is 77.3 Å². The fraction of sp³-hybridized carbons (Fsp3) is 0.459. The number of aromatic nitrogens is 3. The van der Waals surface area contributed by atoms with Crippen molar-refractivity contribution in [1.29, 1.82) is 0 Å². The molecule has 4 aliphatic rings. The summed E-state index contributed by atoms with van der Waals surface area (Å²) in [6.45, 7) is 0.282. The number of methoxy groups -OCH3 is 1. The molecule has 3 aromatic rings. The molecule has 5 heterocycles. The van der Waals surface area contributed by atoms with E-state index in [1.165, 1.54) is 12.0 Å². The molecule has 52 heavy (non-hydrogen) atoms. The highest BCUT2D eigenvalue weighted by atomic mass is 79.9. The van der Waals surface area contributed by atoms with E-state index in [4.69, 9.17) is 14.2 Å². The van der Waals surface area contributed by atoms with Crippen molar-refractivity contribution in [3.63, 3.8) is 0 Å². The lowest BCUT2D eigenvalue weighted by Crippen LogP contribution is -2.56. The van der Waals surface area contributed by atoms with Crippen LogP contribution >= 0.6 is 15.9 Å². The zero-order valence-corrected chi connectivity index (χ0v) is 30.3. The number of esters is 1. The Labute approximate surface area is 308 Å². The average molecular weight is 778 g/mol. The number of cyclic esters (lactones) is 1. The Balaban J connectivity index is 1.32. The number of para-hydroxylation sites is 1. The number of nitrogens with one attached hydrogen (secondary N) is 1. The number of benzene rings is 2. The molecule has 7 rings (SSSR count). The molecular weight excluding hydrogens is 736 g/mol. The maximum absolute atomic E-state index is 15.0. The van der Waals surface area contributed by atoms with Gasteiger partial charge >= 0.3 is 5.97 Å². The van der Waals surface area contributed by atoms with Crippen molar-refractivity contribution in [1.82, 2.24) is 30.1 Å². The third kappa shape index (κ3) is 6.55. The lowest BCUT2D eigenvalue weighted by Gasteiger charge is -2.35. The molecule has 0 radical (unpaired) electrons. The monoisotopic (exact) mass is 776 g/mol. The molecule has 2 N–H and O–H groups in total. The van der Waals surface area contributed by atoms with Gasteiger partial charge < -0.3 is 34.4 Å². The van der Waals surface area contributed by atoms with Gasteiger partial charge in [0.05, 0.1) is 24.1 Å². The van der Waals surface area contributed by atoms with Gasteiger partial charge in [0.2, 0.25) is 11.8 Å². The lowest BCUT2D eigenvalue weighted by molar-refractivity contribution is -0.162. The van der Waals surface area contributed by atoms with Gasteiger partial charge in [0, 0.05) is 37.7 Å². The van der Waals surface area contributed by atoms with Crippen molar-refractivity contribution >= 4 is 50.7 Å². The molecule has 1 spiro atoms. The van der Waals surface area contributed by atoms with Crippen LogP contribution in [0.4, 0.5) is 0 Å². The highest BCUT2D eigenvalue weighted by Gasteiger charge is 2.75. The minimum Gasteiger partial charge on any atom is -0.455 e. The molecule has 5 bridgehead atoms. The summed E-state index contributed by atoms with van der Waals surface area (Å²) >= 11 is 3.61. The van der Waals surface area contributed by atoms with Crippen molar-refractivity contribution in [2.24, 2.45) is 11.8 Å². The number of halogens is 1. The van der Waals surface area contributed by atoms with Gasteiger partial charge in [0.1, 0.15) is 42.0 Å². The van der Waals surface area contributed by atoms with Crippen LogP contribution in [-0.4, -0.2) is 111 Å². The van der Waals surface area contributed by atoms with E-state index in [2.05, 4.69) is 31.6 Å². The Kier molecular flexibility index (Phi) is 10.6. The number of rotatable bonds is 9. The number of carbonyl (C=O) groups excluding carboxylic acids is 4. The molecule has 1 aromatic heterocycles. The summed E-state index contributed by atoms with van der Waals surface area (Å²) in [6, 6.07) is 14.6. The first kappa shape index (κ1) is 35.9. The molecule has 4 aliphatic heterocycles. The largest absolute Gasteiger partial charge is 0.455 e. The summed E-state index contributed by atoms with van der Waals surface area (Å²) in [5, 5.41) is 21.2. The SMILES string of the molecule is COC[C@@H]1NC(=O)CC/C=C\CN(Cn2nnc3ccccc32)C(=O)[C@H]2N(CCCCO)C(=O)[C@@H]3[C@@H](C(=O)O[C@H]1c1ccccc1)[C@@H]1O[C@@]32C=C1Br. The normalized spacial score (nSPS) is 30.0. The van der Waals surface area contributed by atoms with Gasteiger partial charge in [-0.2, -0.15) is 0 Å². The Morgan fingerprint density at radius 1 is 1.02 bits per heavy atom. The smallest absolute Gasteiger partial charge is 0.313 e. The first-order chi connectivity index (χ1) is 25.3. The van der Waals surface area contributed by atoms with Gasteiger partial charge in [0.25, 0.3) is 5.91 Å². The van der Waals surface area contributed by atoms with Gasteiger partial charge in [-0.05, 0) is 43.0 Å². The number of likely N-dealkylation sites (tertiary alicyclic amines) is 1. The molecule has 0 aliphatic carbocycles. The number of hydrogen-bond donors (Lipinski definition) is 2. The van der Waals surface area contributed by atoms with Gasteiger partial charge in [-0.1, -0.05) is 75.8 Å². The Morgan fingerprint density at radius 2 is 1.81 bits per heavy atom. The van der Waals surface area contributed by atoms with Crippen LogP contribution in [0.25, 0.3) is 11.0 Å². The van der Waals surface area contributed by atoms with Crippen molar-refractivity contribution < 1.29 is 38.5 Å². The van der Waals surface area contributed by atoms with E-state index in [-0.39, 0.29) is 45.3 Å². The van der Waals surface area contributed by atoms with Crippen LogP contribution in [0.1, 0.15) is 37.4 Å². The number of amides is 3. The Morgan fingerprint density at radius 3 is 2.60 bits per heavy atom. The van der Waals surface area contributed by atoms with Crippen molar-refractivity contribution in [3.8, 4) is 0 Å². The third-order valence-corrected chi connectivity index (χ3v) is 10.9. The second-order valence-corrected chi connectivity index (χ2v) is 14.4. The summed E-state index contributed by atoms with van der Waals surface area (Å²) in [5.74, 6) is -3.94. The first-order valence-corrected chi connectivity index (χ1v) is 18.3. The van der Waals surface area contributed by atoms with Gasteiger partial charge in [-0.15, -0.1) is 5.10 Å². The molecule has 274 valence electrons. The molecule has 0 unspecified atom stereocenters. The fourth-order valence-electron chi connectivity index (χ4n) is 7.90. The Bertz CT molecular complexity index is 1890. The number of ether oxygens (including phenoxy) is 3. The molecule has 15 heteroatoms. The first-order valence-electron chi connectivity index (χ1n) is 17.5. The number of hydrogen-bond acceptors (Lipinski definition) is 10. The molecule has 2 fully saturated rings. The molecule has 2 aromatic carbocycles. The average Bonchev–Trinajstić information content (AvgIpc) is 3.86. The predicted molar refractivity (Wildman–Crippen MR) is 190 cm³/mol. The van der Waals surface area contributed by atoms with E-state index in [0.717, 1.165) is 5.52 Å². The van der Waals surface area contributed by atoms with E-state index in [1.54, 1.807) is 27.8 Å². The van der Waals surface area contributed by atoms with Crippen LogP contribution in [0.2, 0.25) is 0 Å². The van der Waals surface area contributed by atoms with Crippen molar-refractivity contribution in [3.05, 3.63) is 82.9 Å². The zero-order chi connectivity index (χ0) is 36.4. The van der Waals surface area contributed by atoms with Crippen molar-refractivity contribution in [2.45, 2.75) is 62.2 Å². The molecular formula is C37H41BrN6O8. The molecule has 7 atom stereocenters. The Hall–Kier alpha value is -4.44. The maximum atomic E-state index is 15.0. The van der Waals surface area contributed by atoms with E-state index in [0.29, 0.717) is 34.8 Å². The summed E-state index contributed by atoms with van der Waals surface area (Å²) in [7, 11) is 1.50. The highest BCUT2D eigenvalue weighted by molar-refractivity contribution is 9.11. The second kappa shape index (κ2) is 15.3. The topological polar surface area (TPSA) is 165 Å². The molecule has 3 amide bonds. The fourth-order valence-corrected chi connectivity index (χ4v) is 8.64. The van der Waals surface area contributed by atoms with Crippen LogP contribution < -0.4 is 5.32 Å². The maximum Gasteiger partial charge on any atom is 0.313 e. The molecule has 2 saturated heterocycles. The number of allylic oxidation sites excluding steroid dienone is 1. The minimum absolute atomic E-state index is 0.0112. The number of aliphatic hydroxyl groups excluding tert-OH is 1. The van der Waals surface area contributed by atoms with Crippen LogP contribution in [-0.2, 0) is 40.1 Å². The van der Waals surface area contributed by atoms with Gasteiger partial charge in [-0.3, -0.25) is 19.2 Å².